The Morgan fingerprint density at radius 3 is 2.28 bits per heavy atom. The van der Waals surface area contributed by atoms with Crippen molar-refractivity contribution < 1.29 is 22.7 Å². The maximum atomic E-state index is 12.5. The largest absolute Gasteiger partial charge is 0.484 e. The lowest BCUT2D eigenvalue weighted by Gasteiger charge is -2.18. The van der Waals surface area contributed by atoms with E-state index in [2.05, 4.69) is 0 Å². The number of hydrogen-bond acceptors (Lipinski definition) is 2. The Morgan fingerprint density at radius 1 is 1.08 bits per heavy atom. The quantitative estimate of drug-likeness (QED) is 0.801. The number of amides is 1. The molecule has 0 saturated carbocycles. The Kier molecular flexibility index (Phi) is 5.72. The second-order valence-electron chi connectivity index (χ2n) is 6.00. The highest BCUT2D eigenvalue weighted by molar-refractivity contribution is 5.77. The fraction of sp³-hybridized carbons (Fsp3) is 0.316. The van der Waals surface area contributed by atoms with Crippen LogP contribution < -0.4 is 4.74 Å². The lowest BCUT2D eigenvalue weighted by Crippen LogP contribution is -2.31. The minimum atomic E-state index is -4.36. The Labute approximate surface area is 145 Å². The van der Waals surface area contributed by atoms with Crippen LogP contribution in [0.3, 0.4) is 0 Å². The molecule has 0 aliphatic carbocycles. The van der Waals surface area contributed by atoms with Gasteiger partial charge >= 0.3 is 6.18 Å². The standard InChI is InChI=1S/C19H20F3NO2/c1-13-4-9-17(14(2)10-13)25-12-18(24)23(3)11-15-5-7-16(8-6-15)19(20,21)22/h4-10H,11-12H2,1-3H3. The Bertz CT molecular complexity index is 739. The summed E-state index contributed by atoms with van der Waals surface area (Å²) < 4.78 is 43.2. The SMILES string of the molecule is Cc1ccc(OCC(=O)N(C)Cc2ccc(C(F)(F)F)cc2)c(C)c1. The molecule has 0 saturated heterocycles. The van der Waals surface area contributed by atoms with Crippen LogP contribution in [0.15, 0.2) is 42.5 Å². The number of hydrogen-bond donors (Lipinski definition) is 0. The summed E-state index contributed by atoms with van der Waals surface area (Å²) in [6.07, 6.45) is -4.36. The normalized spacial score (nSPS) is 11.3. The number of likely N-dealkylation sites (N-methyl/N-ethyl adjacent to an activating group) is 1. The average molecular weight is 351 g/mol. The predicted molar refractivity (Wildman–Crippen MR) is 89.3 cm³/mol. The molecule has 134 valence electrons. The van der Waals surface area contributed by atoms with Gasteiger partial charge in [0.2, 0.25) is 0 Å². The zero-order valence-electron chi connectivity index (χ0n) is 14.4. The summed E-state index contributed by atoms with van der Waals surface area (Å²) in [6, 6.07) is 10.5. The number of halogens is 3. The van der Waals surface area contributed by atoms with Gasteiger partial charge in [-0.1, -0.05) is 29.8 Å². The molecule has 25 heavy (non-hydrogen) atoms. The van der Waals surface area contributed by atoms with Crippen molar-refractivity contribution in [3.8, 4) is 5.75 Å². The van der Waals surface area contributed by atoms with Gasteiger partial charge in [0.15, 0.2) is 6.61 Å². The van der Waals surface area contributed by atoms with Crippen LogP contribution in [0, 0.1) is 13.8 Å². The van der Waals surface area contributed by atoms with Crippen molar-refractivity contribution in [2.75, 3.05) is 13.7 Å². The molecule has 0 bridgehead atoms. The lowest BCUT2D eigenvalue weighted by atomic mass is 10.1. The van der Waals surface area contributed by atoms with Crippen molar-refractivity contribution in [2.24, 2.45) is 0 Å². The fourth-order valence-electron chi connectivity index (χ4n) is 2.37. The highest BCUT2D eigenvalue weighted by Crippen LogP contribution is 2.29. The van der Waals surface area contributed by atoms with Crippen molar-refractivity contribution >= 4 is 5.91 Å². The zero-order valence-corrected chi connectivity index (χ0v) is 14.4. The van der Waals surface area contributed by atoms with Crippen LogP contribution in [0.4, 0.5) is 13.2 Å². The smallest absolute Gasteiger partial charge is 0.416 e. The van der Waals surface area contributed by atoms with E-state index in [4.69, 9.17) is 4.74 Å². The molecule has 0 aliphatic rings. The van der Waals surface area contributed by atoms with Gasteiger partial charge in [0.1, 0.15) is 5.75 Å². The maximum Gasteiger partial charge on any atom is 0.416 e. The summed E-state index contributed by atoms with van der Waals surface area (Å²) >= 11 is 0. The topological polar surface area (TPSA) is 29.5 Å². The fourth-order valence-corrected chi connectivity index (χ4v) is 2.37. The zero-order chi connectivity index (χ0) is 18.6. The Morgan fingerprint density at radius 2 is 1.72 bits per heavy atom. The second-order valence-corrected chi connectivity index (χ2v) is 6.00. The minimum Gasteiger partial charge on any atom is -0.484 e. The number of ether oxygens (including phenoxy) is 1. The van der Waals surface area contributed by atoms with E-state index in [9.17, 15) is 18.0 Å². The summed E-state index contributed by atoms with van der Waals surface area (Å²) in [6.45, 7) is 3.97. The van der Waals surface area contributed by atoms with Gasteiger partial charge in [-0.15, -0.1) is 0 Å². The third-order valence-electron chi connectivity index (χ3n) is 3.81. The lowest BCUT2D eigenvalue weighted by molar-refractivity contribution is -0.137. The molecular formula is C19H20F3NO2. The second kappa shape index (κ2) is 7.59. The molecule has 1 amide bonds. The summed E-state index contributed by atoms with van der Waals surface area (Å²) in [5, 5.41) is 0. The summed E-state index contributed by atoms with van der Waals surface area (Å²) in [7, 11) is 1.59. The molecule has 0 radical (unpaired) electrons. The average Bonchev–Trinajstić information content (AvgIpc) is 2.53. The van der Waals surface area contributed by atoms with E-state index in [1.807, 2.05) is 32.0 Å². The van der Waals surface area contributed by atoms with Crippen LogP contribution in [0.25, 0.3) is 0 Å². The molecule has 0 N–H and O–H groups in total. The van der Waals surface area contributed by atoms with Crippen molar-refractivity contribution in [3.05, 3.63) is 64.7 Å². The molecule has 6 heteroatoms. The number of alkyl halides is 3. The Hall–Kier alpha value is -2.50. The number of nitrogens with zero attached hydrogens (tertiary/aromatic N) is 1. The van der Waals surface area contributed by atoms with E-state index in [0.29, 0.717) is 11.3 Å². The molecule has 0 atom stereocenters. The van der Waals surface area contributed by atoms with E-state index < -0.39 is 11.7 Å². The first-order valence-electron chi connectivity index (χ1n) is 7.77. The van der Waals surface area contributed by atoms with Gasteiger partial charge in [0, 0.05) is 13.6 Å². The number of aryl methyl sites for hydroxylation is 2. The van der Waals surface area contributed by atoms with Gasteiger partial charge in [-0.25, -0.2) is 0 Å². The van der Waals surface area contributed by atoms with Crippen LogP contribution >= 0.6 is 0 Å². The number of carbonyl (C=O) groups excluding carboxylic acids is 1. The van der Waals surface area contributed by atoms with Gasteiger partial charge in [-0.3, -0.25) is 4.79 Å². The number of benzene rings is 2. The van der Waals surface area contributed by atoms with Crippen molar-refractivity contribution in [2.45, 2.75) is 26.6 Å². The van der Waals surface area contributed by atoms with E-state index >= 15 is 0 Å². The van der Waals surface area contributed by atoms with Crippen molar-refractivity contribution in [3.63, 3.8) is 0 Å². The van der Waals surface area contributed by atoms with Crippen molar-refractivity contribution in [1.82, 2.24) is 4.90 Å². The molecule has 2 rings (SSSR count). The van der Waals surface area contributed by atoms with Gasteiger partial charge < -0.3 is 9.64 Å². The first kappa shape index (κ1) is 18.8. The van der Waals surface area contributed by atoms with E-state index in [-0.39, 0.29) is 19.1 Å². The highest BCUT2D eigenvalue weighted by Gasteiger charge is 2.29. The summed E-state index contributed by atoms with van der Waals surface area (Å²) in [4.78, 5) is 13.6. The molecule has 0 aliphatic heterocycles. The van der Waals surface area contributed by atoms with Crippen LogP contribution in [0.1, 0.15) is 22.3 Å². The molecule has 0 heterocycles. The molecule has 0 aromatic heterocycles. The highest BCUT2D eigenvalue weighted by atomic mass is 19.4. The van der Waals surface area contributed by atoms with Crippen LogP contribution in [0.2, 0.25) is 0 Å². The van der Waals surface area contributed by atoms with Gasteiger partial charge in [-0.2, -0.15) is 13.2 Å². The van der Waals surface area contributed by atoms with Gasteiger partial charge in [-0.05, 0) is 43.2 Å². The number of rotatable bonds is 5. The van der Waals surface area contributed by atoms with Crippen LogP contribution in [0.5, 0.6) is 5.75 Å². The molecule has 0 fully saturated rings. The third-order valence-corrected chi connectivity index (χ3v) is 3.81. The van der Waals surface area contributed by atoms with Gasteiger partial charge in [0.25, 0.3) is 5.91 Å². The van der Waals surface area contributed by atoms with Gasteiger partial charge in [0.05, 0.1) is 5.56 Å². The van der Waals surface area contributed by atoms with Crippen LogP contribution in [-0.4, -0.2) is 24.5 Å². The third kappa shape index (κ3) is 5.24. The maximum absolute atomic E-state index is 12.5. The molecule has 0 spiro atoms. The first-order chi connectivity index (χ1) is 11.7. The molecular weight excluding hydrogens is 331 g/mol. The monoisotopic (exact) mass is 351 g/mol. The van der Waals surface area contributed by atoms with Crippen LogP contribution in [-0.2, 0) is 17.5 Å². The first-order valence-corrected chi connectivity index (χ1v) is 7.77. The predicted octanol–water partition coefficient (Wildman–Crippen LogP) is 4.36. The number of carbonyl (C=O) groups is 1. The van der Waals surface area contributed by atoms with E-state index in [1.165, 1.54) is 17.0 Å². The summed E-state index contributed by atoms with van der Waals surface area (Å²) in [5.74, 6) is 0.391. The summed E-state index contributed by atoms with van der Waals surface area (Å²) in [5.41, 5.74) is 1.97. The van der Waals surface area contributed by atoms with E-state index in [0.717, 1.165) is 23.3 Å². The van der Waals surface area contributed by atoms with E-state index in [1.54, 1.807) is 7.05 Å². The molecule has 0 unspecified atom stereocenters. The molecule has 2 aromatic rings. The Balaban J connectivity index is 1.91. The van der Waals surface area contributed by atoms with Crippen molar-refractivity contribution in [1.29, 1.82) is 0 Å². The molecule has 3 nitrogen and oxygen atoms in total. The molecule has 2 aromatic carbocycles. The minimum absolute atomic E-state index is 0.124.